The minimum Gasteiger partial charge on any atom is -0.493 e. The molecule has 5 nitrogen and oxygen atoms in total. The zero-order valence-corrected chi connectivity index (χ0v) is 17.9. The number of rotatable bonds is 7. The summed E-state index contributed by atoms with van der Waals surface area (Å²) in [5.74, 6) is 1.50. The van der Waals surface area contributed by atoms with Crippen LogP contribution in [0, 0.1) is 0 Å². The zero-order chi connectivity index (χ0) is 20.8. The van der Waals surface area contributed by atoms with Crippen molar-refractivity contribution in [2.24, 2.45) is 0 Å². The van der Waals surface area contributed by atoms with Gasteiger partial charge in [-0.1, -0.05) is 36.4 Å². The van der Waals surface area contributed by atoms with Gasteiger partial charge in [-0.25, -0.2) is 0 Å². The molecule has 1 heterocycles. The third-order valence-electron chi connectivity index (χ3n) is 5.76. The molecule has 2 aromatic rings. The second-order valence-electron chi connectivity index (χ2n) is 7.84. The molecule has 5 heteroatoms. The molecule has 156 valence electrons. The number of methoxy groups -OCH3 is 2. The van der Waals surface area contributed by atoms with Crippen LogP contribution in [0.2, 0.25) is 0 Å². The number of nitrogens with zero attached hydrogens (tertiary/aromatic N) is 2. The number of carbonyl (C=O) groups is 1. The quantitative estimate of drug-likeness (QED) is 0.719. The Morgan fingerprint density at radius 1 is 0.931 bits per heavy atom. The van der Waals surface area contributed by atoms with Crippen molar-refractivity contribution in [3.05, 3.63) is 59.7 Å². The molecule has 1 fully saturated rings. The molecular formula is C24H32N2O3. The van der Waals surface area contributed by atoms with Crippen LogP contribution >= 0.6 is 0 Å². The van der Waals surface area contributed by atoms with Gasteiger partial charge in [0.2, 0.25) is 5.91 Å². The summed E-state index contributed by atoms with van der Waals surface area (Å²) in [6.07, 6.45) is 1.42. The maximum absolute atomic E-state index is 12.9. The summed E-state index contributed by atoms with van der Waals surface area (Å²) in [6, 6.07) is 17.0. The minimum absolute atomic E-state index is 0.165. The van der Waals surface area contributed by atoms with Gasteiger partial charge in [-0.3, -0.25) is 9.69 Å². The second kappa shape index (κ2) is 9.79. The van der Waals surface area contributed by atoms with Crippen LogP contribution in [-0.2, 0) is 17.6 Å². The molecule has 3 rings (SSSR count). The van der Waals surface area contributed by atoms with Gasteiger partial charge in [-0.15, -0.1) is 0 Å². The Balaban J connectivity index is 1.58. The molecule has 0 aliphatic carbocycles. The first-order valence-corrected chi connectivity index (χ1v) is 10.3. The van der Waals surface area contributed by atoms with Crippen molar-refractivity contribution in [1.82, 2.24) is 9.80 Å². The molecule has 2 unspecified atom stereocenters. The van der Waals surface area contributed by atoms with Crippen molar-refractivity contribution in [3.63, 3.8) is 0 Å². The third-order valence-corrected chi connectivity index (χ3v) is 5.76. The van der Waals surface area contributed by atoms with E-state index < -0.39 is 0 Å². The maximum Gasteiger partial charge on any atom is 0.227 e. The molecule has 0 spiro atoms. The molecule has 0 bridgehead atoms. The van der Waals surface area contributed by atoms with Crippen LogP contribution in [0.15, 0.2) is 48.5 Å². The lowest BCUT2D eigenvalue weighted by atomic mass is 10.0. The molecule has 1 aliphatic heterocycles. The first-order valence-electron chi connectivity index (χ1n) is 10.3. The first-order chi connectivity index (χ1) is 14.0. The molecule has 2 aromatic carbocycles. The van der Waals surface area contributed by atoms with Crippen LogP contribution in [0.5, 0.6) is 11.5 Å². The fourth-order valence-electron chi connectivity index (χ4n) is 4.18. The van der Waals surface area contributed by atoms with Crippen LogP contribution < -0.4 is 9.47 Å². The molecule has 0 radical (unpaired) electrons. The Kier molecular flexibility index (Phi) is 7.15. The fourth-order valence-corrected chi connectivity index (χ4v) is 4.18. The van der Waals surface area contributed by atoms with E-state index in [1.807, 2.05) is 23.1 Å². The summed E-state index contributed by atoms with van der Waals surface area (Å²) in [4.78, 5) is 17.5. The largest absolute Gasteiger partial charge is 0.493 e. The van der Waals surface area contributed by atoms with E-state index in [1.165, 1.54) is 5.56 Å². The summed E-state index contributed by atoms with van der Waals surface area (Å²) < 4.78 is 10.6. The summed E-state index contributed by atoms with van der Waals surface area (Å²) in [5.41, 5.74) is 2.30. The highest BCUT2D eigenvalue weighted by molar-refractivity contribution is 5.79. The van der Waals surface area contributed by atoms with E-state index in [1.54, 1.807) is 14.2 Å². The van der Waals surface area contributed by atoms with Crippen molar-refractivity contribution in [2.75, 3.05) is 33.9 Å². The zero-order valence-electron chi connectivity index (χ0n) is 17.9. The van der Waals surface area contributed by atoms with Crippen molar-refractivity contribution < 1.29 is 14.3 Å². The number of benzene rings is 2. The van der Waals surface area contributed by atoms with Crippen molar-refractivity contribution >= 4 is 5.91 Å². The van der Waals surface area contributed by atoms with Crippen molar-refractivity contribution in [3.8, 4) is 11.5 Å². The van der Waals surface area contributed by atoms with Crippen LogP contribution in [0.4, 0.5) is 0 Å². The third kappa shape index (κ3) is 5.30. The lowest BCUT2D eigenvalue weighted by molar-refractivity contribution is -0.134. The van der Waals surface area contributed by atoms with Crippen LogP contribution in [0.25, 0.3) is 0 Å². The maximum atomic E-state index is 12.9. The van der Waals surface area contributed by atoms with Gasteiger partial charge in [-0.05, 0) is 43.5 Å². The van der Waals surface area contributed by atoms with E-state index >= 15 is 0 Å². The molecule has 1 saturated heterocycles. The van der Waals surface area contributed by atoms with E-state index in [0.717, 1.165) is 31.6 Å². The molecule has 0 N–H and O–H groups in total. The Labute approximate surface area is 174 Å². The molecular weight excluding hydrogens is 364 g/mol. The number of ether oxygens (including phenoxy) is 2. The predicted molar refractivity (Wildman–Crippen MR) is 116 cm³/mol. The van der Waals surface area contributed by atoms with Crippen molar-refractivity contribution in [1.29, 1.82) is 0 Å². The average molecular weight is 397 g/mol. The summed E-state index contributed by atoms with van der Waals surface area (Å²) in [5, 5.41) is 0. The Bertz CT molecular complexity index is 797. The van der Waals surface area contributed by atoms with Crippen LogP contribution in [0.3, 0.4) is 0 Å². The monoisotopic (exact) mass is 396 g/mol. The first kappa shape index (κ1) is 21.2. The number of hydrogen-bond acceptors (Lipinski definition) is 4. The van der Waals surface area contributed by atoms with Gasteiger partial charge in [-0.2, -0.15) is 0 Å². The Morgan fingerprint density at radius 3 is 2.21 bits per heavy atom. The van der Waals surface area contributed by atoms with Gasteiger partial charge in [0, 0.05) is 31.7 Å². The number of carbonyl (C=O) groups excluding carboxylic acids is 1. The highest BCUT2D eigenvalue weighted by Crippen LogP contribution is 2.28. The minimum atomic E-state index is 0.165. The van der Waals surface area contributed by atoms with Gasteiger partial charge in [0.25, 0.3) is 0 Å². The Morgan fingerprint density at radius 2 is 1.59 bits per heavy atom. The van der Waals surface area contributed by atoms with E-state index in [2.05, 4.69) is 49.1 Å². The normalized spacial score (nSPS) is 19.8. The van der Waals surface area contributed by atoms with E-state index in [4.69, 9.17) is 9.47 Å². The summed E-state index contributed by atoms with van der Waals surface area (Å²) in [6.45, 7) is 7.00. The van der Waals surface area contributed by atoms with Gasteiger partial charge in [0.05, 0.1) is 20.6 Å². The molecule has 1 aliphatic rings. The standard InChI is InChI=1S/C24H32N2O3/c1-18-16-25(17-19(2)26(18)13-12-20-8-6-5-7-9-20)24(27)15-21-10-11-22(28-3)23(14-21)29-4/h5-11,14,18-19H,12-13,15-17H2,1-4H3. The van der Waals surface area contributed by atoms with E-state index in [9.17, 15) is 4.79 Å². The van der Waals surface area contributed by atoms with Gasteiger partial charge < -0.3 is 14.4 Å². The molecule has 2 atom stereocenters. The topological polar surface area (TPSA) is 42.0 Å². The lowest BCUT2D eigenvalue weighted by Gasteiger charge is -2.44. The van der Waals surface area contributed by atoms with Crippen LogP contribution in [0.1, 0.15) is 25.0 Å². The number of piperazine rings is 1. The molecule has 0 saturated carbocycles. The molecule has 29 heavy (non-hydrogen) atoms. The Hall–Kier alpha value is -2.53. The molecule has 0 aromatic heterocycles. The van der Waals surface area contributed by atoms with Gasteiger partial charge >= 0.3 is 0 Å². The summed E-state index contributed by atoms with van der Waals surface area (Å²) in [7, 11) is 3.23. The lowest BCUT2D eigenvalue weighted by Crippen LogP contribution is -2.58. The fraction of sp³-hybridized carbons (Fsp3) is 0.458. The van der Waals surface area contributed by atoms with E-state index in [-0.39, 0.29) is 5.91 Å². The van der Waals surface area contributed by atoms with E-state index in [0.29, 0.717) is 30.0 Å². The van der Waals surface area contributed by atoms with Crippen LogP contribution in [-0.4, -0.2) is 61.6 Å². The highest BCUT2D eigenvalue weighted by atomic mass is 16.5. The van der Waals surface area contributed by atoms with Crippen molar-refractivity contribution in [2.45, 2.75) is 38.8 Å². The second-order valence-corrected chi connectivity index (χ2v) is 7.84. The van der Waals surface area contributed by atoms with Gasteiger partial charge in [0.15, 0.2) is 11.5 Å². The summed E-state index contributed by atoms with van der Waals surface area (Å²) >= 11 is 0. The predicted octanol–water partition coefficient (Wildman–Crippen LogP) is 3.41. The SMILES string of the molecule is COc1ccc(CC(=O)N2CC(C)N(CCc3ccccc3)C(C)C2)cc1OC. The molecule has 1 amide bonds. The highest BCUT2D eigenvalue weighted by Gasteiger charge is 2.31. The number of hydrogen-bond donors (Lipinski definition) is 0. The number of amides is 1. The average Bonchev–Trinajstić information content (AvgIpc) is 2.73. The van der Waals surface area contributed by atoms with Gasteiger partial charge in [0.1, 0.15) is 0 Å². The smallest absolute Gasteiger partial charge is 0.227 e.